The van der Waals surface area contributed by atoms with Gasteiger partial charge >= 0.3 is 10.2 Å². The number of nitrogens with one attached hydrogen (secondary N) is 1. The van der Waals surface area contributed by atoms with Crippen molar-refractivity contribution in [2.24, 2.45) is 0 Å². The topological polar surface area (TPSA) is 96.0 Å². The minimum atomic E-state index is -3.96. The van der Waals surface area contributed by atoms with Crippen LogP contribution >= 0.6 is 0 Å². The van der Waals surface area contributed by atoms with Crippen LogP contribution in [-0.2, 0) is 26.4 Å². The zero-order chi connectivity index (χ0) is 23.4. The van der Waals surface area contributed by atoms with Gasteiger partial charge in [0.05, 0.1) is 11.7 Å². The van der Waals surface area contributed by atoms with E-state index in [1.54, 1.807) is 25.1 Å². The van der Waals surface area contributed by atoms with Gasteiger partial charge in [-0.2, -0.15) is 8.42 Å². The Bertz CT molecular complexity index is 1160. The number of nitrogens with zero attached hydrogens (tertiary/aromatic N) is 2. The van der Waals surface area contributed by atoms with Crippen LogP contribution in [0.1, 0.15) is 37.3 Å². The van der Waals surface area contributed by atoms with Crippen LogP contribution in [0.3, 0.4) is 0 Å². The van der Waals surface area contributed by atoms with Crippen LogP contribution in [0, 0.1) is 0 Å². The van der Waals surface area contributed by atoms with Crippen LogP contribution in [0.4, 0.5) is 5.69 Å². The third-order valence-corrected chi connectivity index (χ3v) is 7.17. The van der Waals surface area contributed by atoms with Gasteiger partial charge in [-0.05, 0) is 42.5 Å². The van der Waals surface area contributed by atoms with E-state index in [1.165, 1.54) is 0 Å². The molecule has 9 heteroatoms. The number of carbonyl (C=O) groups is 2. The normalized spacial score (nSPS) is 20.2. The maximum atomic E-state index is 12.4. The summed E-state index contributed by atoms with van der Waals surface area (Å²) in [6, 6.07) is 14.8. The number of hydrogen-bond acceptors (Lipinski definition) is 5. The Morgan fingerprint density at radius 3 is 2.67 bits per heavy atom. The minimum absolute atomic E-state index is 0.0328. The number of ether oxygens (including phenoxy) is 1. The van der Waals surface area contributed by atoms with Crippen LogP contribution in [0.25, 0.3) is 6.08 Å². The fourth-order valence-electron chi connectivity index (χ4n) is 4.12. The van der Waals surface area contributed by atoms with Crippen molar-refractivity contribution in [1.29, 1.82) is 0 Å². The van der Waals surface area contributed by atoms with Crippen LogP contribution in [-0.4, -0.2) is 44.3 Å². The first kappa shape index (κ1) is 22.8. The van der Waals surface area contributed by atoms with Crippen LogP contribution in [0.15, 0.2) is 54.6 Å². The summed E-state index contributed by atoms with van der Waals surface area (Å²) in [6.07, 6.45) is 6.91. The molecule has 2 aliphatic rings. The van der Waals surface area contributed by atoms with Crippen molar-refractivity contribution < 1.29 is 22.7 Å². The average molecular weight is 470 g/mol. The summed E-state index contributed by atoms with van der Waals surface area (Å²) in [4.78, 5) is 25.6. The molecule has 2 aromatic rings. The van der Waals surface area contributed by atoms with Gasteiger partial charge in [0.15, 0.2) is 0 Å². The Kier molecular flexibility index (Phi) is 6.69. The van der Waals surface area contributed by atoms with Crippen LogP contribution < -0.4 is 13.8 Å². The van der Waals surface area contributed by atoms with Gasteiger partial charge in [-0.15, -0.1) is 0 Å². The summed E-state index contributed by atoms with van der Waals surface area (Å²) in [7, 11) is -3.96. The molecular weight excluding hydrogens is 442 g/mol. The molecule has 0 spiro atoms. The van der Waals surface area contributed by atoms with E-state index in [-0.39, 0.29) is 25.1 Å². The predicted molar refractivity (Wildman–Crippen MR) is 126 cm³/mol. The molecule has 0 aromatic heterocycles. The number of benzene rings is 2. The first-order chi connectivity index (χ1) is 15.8. The van der Waals surface area contributed by atoms with Gasteiger partial charge in [0.25, 0.3) is 5.91 Å². The fraction of sp³-hybridized carbons (Fsp3) is 0.333. The SMILES string of the molecule is CC(=O)N1CCCCC1C=Cc1ccc(N2CC(=O)NS2(=O)=O)c(OCc2ccccc2)c1. The zero-order valence-electron chi connectivity index (χ0n) is 18.4. The molecule has 4 rings (SSSR count). The number of likely N-dealkylation sites (tertiary alicyclic amines) is 1. The maximum absolute atomic E-state index is 12.4. The van der Waals surface area contributed by atoms with E-state index in [0.29, 0.717) is 11.4 Å². The van der Waals surface area contributed by atoms with Crippen molar-refractivity contribution in [1.82, 2.24) is 9.62 Å². The molecule has 2 heterocycles. The zero-order valence-corrected chi connectivity index (χ0v) is 19.3. The first-order valence-corrected chi connectivity index (χ1v) is 12.4. The summed E-state index contributed by atoms with van der Waals surface area (Å²) < 4.78 is 33.8. The molecular formula is C24H27N3O5S. The highest BCUT2D eigenvalue weighted by atomic mass is 32.2. The van der Waals surface area contributed by atoms with Gasteiger partial charge in [0.2, 0.25) is 5.91 Å². The summed E-state index contributed by atoms with van der Waals surface area (Å²) >= 11 is 0. The van der Waals surface area contributed by atoms with E-state index in [1.807, 2.05) is 52.1 Å². The first-order valence-electron chi connectivity index (χ1n) is 10.9. The number of rotatable bonds is 6. The van der Waals surface area contributed by atoms with Crippen molar-refractivity contribution in [2.45, 2.75) is 38.8 Å². The van der Waals surface area contributed by atoms with Crippen molar-refractivity contribution >= 4 is 33.8 Å². The monoisotopic (exact) mass is 469 g/mol. The van der Waals surface area contributed by atoms with Gasteiger partial charge in [0, 0.05) is 13.5 Å². The predicted octanol–water partition coefficient (Wildman–Crippen LogP) is 2.86. The molecule has 2 saturated heterocycles. The molecule has 0 aliphatic carbocycles. The number of carbonyl (C=O) groups excluding carboxylic acids is 2. The lowest BCUT2D eigenvalue weighted by molar-refractivity contribution is -0.131. The number of amides is 2. The number of anilines is 1. The van der Waals surface area contributed by atoms with Gasteiger partial charge < -0.3 is 9.64 Å². The molecule has 2 amide bonds. The molecule has 8 nitrogen and oxygen atoms in total. The smallest absolute Gasteiger partial charge is 0.326 e. The highest BCUT2D eigenvalue weighted by Gasteiger charge is 2.35. The van der Waals surface area contributed by atoms with Gasteiger partial charge in [0.1, 0.15) is 18.9 Å². The Balaban J connectivity index is 1.62. The highest BCUT2D eigenvalue weighted by molar-refractivity contribution is 7.92. The average Bonchev–Trinajstić information content (AvgIpc) is 3.08. The van der Waals surface area contributed by atoms with Crippen molar-refractivity contribution in [3.63, 3.8) is 0 Å². The second kappa shape index (κ2) is 9.66. The van der Waals surface area contributed by atoms with E-state index in [0.717, 1.165) is 41.2 Å². The molecule has 0 bridgehead atoms. The van der Waals surface area contributed by atoms with E-state index >= 15 is 0 Å². The largest absolute Gasteiger partial charge is 0.487 e. The lowest BCUT2D eigenvalue weighted by Gasteiger charge is -2.33. The highest BCUT2D eigenvalue weighted by Crippen LogP contribution is 2.34. The number of hydrogen-bond donors (Lipinski definition) is 1. The molecule has 1 atom stereocenters. The fourth-order valence-corrected chi connectivity index (χ4v) is 5.28. The molecule has 0 saturated carbocycles. The minimum Gasteiger partial charge on any atom is -0.487 e. The molecule has 0 radical (unpaired) electrons. The summed E-state index contributed by atoms with van der Waals surface area (Å²) in [5.74, 6) is -0.175. The molecule has 2 aromatic carbocycles. The maximum Gasteiger partial charge on any atom is 0.326 e. The lowest BCUT2D eigenvalue weighted by atomic mass is 10.0. The Morgan fingerprint density at radius 2 is 1.97 bits per heavy atom. The Labute approximate surface area is 194 Å². The van der Waals surface area contributed by atoms with Gasteiger partial charge in [-0.3, -0.25) is 9.59 Å². The standard InChI is InChI=1S/C24H27N3O5S/c1-18(28)26-14-6-5-9-21(26)12-10-19-11-13-22(27-16-24(29)25-33(27,30)31)23(15-19)32-17-20-7-3-2-4-8-20/h2-4,7-8,10-13,15,21H,5-6,9,14,16-17H2,1H3,(H,25,29). The molecule has 1 N–H and O–H groups in total. The van der Waals surface area contributed by atoms with Crippen molar-refractivity contribution in [3.05, 3.63) is 65.7 Å². The van der Waals surface area contributed by atoms with E-state index in [2.05, 4.69) is 0 Å². The Morgan fingerprint density at radius 1 is 1.18 bits per heavy atom. The molecule has 33 heavy (non-hydrogen) atoms. The molecule has 2 aliphatic heterocycles. The second-order valence-electron chi connectivity index (χ2n) is 8.17. The van der Waals surface area contributed by atoms with Crippen molar-refractivity contribution in [3.8, 4) is 5.75 Å². The number of piperidine rings is 1. The third kappa shape index (κ3) is 5.36. The van der Waals surface area contributed by atoms with Gasteiger partial charge in [-0.1, -0.05) is 48.6 Å². The lowest BCUT2D eigenvalue weighted by Crippen LogP contribution is -2.41. The van der Waals surface area contributed by atoms with Gasteiger partial charge in [-0.25, -0.2) is 9.03 Å². The molecule has 1 unspecified atom stereocenters. The van der Waals surface area contributed by atoms with Crippen LogP contribution in [0.5, 0.6) is 5.75 Å². The van der Waals surface area contributed by atoms with E-state index in [9.17, 15) is 18.0 Å². The Hall–Kier alpha value is -3.33. The van der Waals surface area contributed by atoms with E-state index in [4.69, 9.17) is 4.74 Å². The third-order valence-electron chi connectivity index (χ3n) is 5.77. The summed E-state index contributed by atoms with van der Waals surface area (Å²) in [6.45, 7) is 2.29. The second-order valence-corrected chi connectivity index (χ2v) is 9.77. The van der Waals surface area contributed by atoms with E-state index < -0.39 is 16.1 Å². The molecule has 174 valence electrons. The quantitative estimate of drug-likeness (QED) is 0.702. The molecule has 2 fully saturated rings. The van der Waals surface area contributed by atoms with Crippen LogP contribution in [0.2, 0.25) is 0 Å². The summed E-state index contributed by atoms with van der Waals surface area (Å²) in [5.41, 5.74) is 2.04. The van der Waals surface area contributed by atoms with Crippen molar-refractivity contribution in [2.75, 3.05) is 17.4 Å². The summed E-state index contributed by atoms with van der Waals surface area (Å²) in [5, 5.41) is 0.